The molecular formula is C11H17ClN2OS. The average molecular weight is 261 g/mol. The Kier molecular flexibility index (Phi) is 4.62. The van der Waals surface area contributed by atoms with Gasteiger partial charge in [0.25, 0.3) is 5.91 Å². The number of rotatable bonds is 4. The van der Waals surface area contributed by atoms with Gasteiger partial charge in [-0.1, -0.05) is 0 Å². The fourth-order valence-corrected chi connectivity index (χ4v) is 2.50. The number of amides is 1. The molecule has 0 unspecified atom stereocenters. The highest BCUT2D eigenvalue weighted by atomic mass is 35.5. The summed E-state index contributed by atoms with van der Waals surface area (Å²) >= 11 is 1.53. The van der Waals surface area contributed by atoms with Crippen molar-refractivity contribution in [1.82, 2.24) is 4.90 Å². The van der Waals surface area contributed by atoms with E-state index in [1.54, 1.807) is 0 Å². The number of nitrogens with one attached hydrogen (secondary N) is 1. The van der Waals surface area contributed by atoms with Gasteiger partial charge in [0.05, 0.1) is 9.88 Å². The molecule has 0 aliphatic heterocycles. The molecule has 1 saturated carbocycles. The third-order valence-corrected chi connectivity index (χ3v) is 3.74. The minimum atomic E-state index is 0. The van der Waals surface area contributed by atoms with Crippen LogP contribution >= 0.6 is 23.7 Å². The predicted molar refractivity (Wildman–Crippen MR) is 70.8 cm³/mol. The van der Waals surface area contributed by atoms with Crippen molar-refractivity contribution in [3.8, 4) is 0 Å². The molecule has 1 aliphatic carbocycles. The number of anilines is 1. The maximum atomic E-state index is 12.1. The molecular weight excluding hydrogens is 244 g/mol. The molecule has 16 heavy (non-hydrogen) atoms. The van der Waals surface area contributed by atoms with E-state index in [2.05, 4.69) is 5.32 Å². The Morgan fingerprint density at radius 2 is 2.25 bits per heavy atom. The van der Waals surface area contributed by atoms with Gasteiger partial charge in [-0.15, -0.1) is 23.7 Å². The number of hydrogen-bond donors (Lipinski definition) is 1. The lowest BCUT2D eigenvalue weighted by Gasteiger charge is -2.19. The van der Waals surface area contributed by atoms with Crippen LogP contribution in [0, 0.1) is 0 Å². The molecule has 0 aromatic carbocycles. The van der Waals surface area contributed by atoms with Crippen LogP contribution in [-0.4, -0.2) is 30.4 Å². The van der Waals surface area contributed by atoms with E-state index < -0.39 is 0 Å². The second-order valence-electron chi connectivity index (χ2n) is 3.74. The zero-order valence-corrected chi connectivity index (χ0v) is 11.2. The zero-order valence-electron chi connectivity index (χ0n) is 9.53. The number of carbonyl (C=O) groups excluding carboxylic acids is 1. The van der Waals surface area contributed by atoms with Gasteiger partial charge in [-0.25, -0.2) is 0 Å². The number of carbonyl (C=O) groups is 1. The quantitative estimate of drug-likeness (QED) is 0.903. The van der Waals surface area contributed by atoms with Crippen molar-refractivity contribution in [3.63, 3.8) is 0 Å². The Morgan fingerprint density at radius 3 is 2.69 bits per heavy atom. The number of nitrogens with zero attached hydrogens (tertiary/aromatic N) is 1. The molecule has 0 radical (unpaired) electrons. The summed E-state index contributed by atoms with van der Waals surface area (Å²) in [5.41, 5.74) is 0. The van der Waals surface area contributed by atoms with Gasteiger partial charge >= 0.3 is 0 Å². The summed E-state index contributed by atoms with van der Waals surface area (Å²) in [6.45, 7) is 2.86. The van der Waals surface area contributed by atoms with E-state index >= 15 is 0 Å². The standard InChI is InChI=1S/C11H16N2OS.ClH/c1-3-13(8-4-5-8)11(14)9-6-7-10(12-2)15-9;/h6-8,12H,3-5H2,1-2H3;1H. The van der Waals surface area contributed by atoms with E-state index in [0.29, 0.717) is 6.04 Å². The van der Waals surface area contributed by atoms with Crippen molar-refractivity contribution >= 4 is 34.7 Å². The average Bonchev–Trinajstić information content (AvgIpc) is 2.97. The molecule has 1 aromatic heterocycles. The van der Waals surface area contributed by atoms with E-state index in [1.165, 1.54) is 24.2 Å². The van der Waals surface area contributed by atoms with Crippen molar-refractivity contribution < 1.29 is 4.79 Å². The van der Waals surface area contributed by atoms with Gasteiger partial charge in [0, 0.05) is 19.6 Å². The maximum Gasteiger partial charge on any atom is 0.264 e. The molecule has 90 valence electrons. The summed E-state index contributed by atoms with van der Waals surface area (Å²) in [7, 11) is 1.87. The normalized spacial score (nSPS) is 14.1. The fourth-order valence-electron chi connectivity index (χ4n) is 1.68. The van der Waals surface area contributed by atoms with Gasteiger partial charge < -0.3 is 10.2 Å². The lowest BCUT2D eigenvalue weighted by Crippen LogP contribution is -2.32. The van der Waals surface area contributed by atoms with Crippen LogP contribution in [0.4, 0.5) is 5.00 Å². The molecule has 0 saturated heterocycles. The van der Waals surface area contributed by atoms with Gasteiger partial charge in [-0.3, -0.25) is 4.79 Å². The lowest BCUT2D eigenvalue weighted by atomic mass is 10.3. The SMILES string of the molecule is CCN(C(=O)c1ccc(NC)s1)C1CC1.Cl. The van der Waals surface area contributed by atoms with Crippen LogP contribution in [0.3, 0.4) is 0 Å². The topological polar surface area (TPSA) is 32.3 Å². The Hall–Kier alpha value is -0.740. The van der Waals surface area contributed by atoms with Gasteiger partial charge in [-0.2, -0.15) is 0 Å². The second-order valence-corrected chi connectivity index (χ2v) is 4.82. The van der Waals surface area contributed by atoms with Gasteiger partial charge in [-0.05, 0) is 31.9 Å². The zero-order chi connectivity index (χ0) is 10.8. The predicted octanol–water partition coefficient (Wildman–Crippen LogP) is 2.84. The first-order chi connectivity index (χ1) is 7.26. The summed E-state index contributed by atoms with van der Waals surface area (Å²) in [4.78, 5) is 14.9. The molecule has 1 N–H and O–H groups in total. The molecule has 2 rings (SSSR count). The van der Waals surface area contributed by atoms with E-state index in [4.69, 9.17) is 0 Å². The Bertz CT molecular complexity index is 363. The Labute approximate surface area is 106 Å². The van der Waals surface area contributed by atoms with E-state index in [9.17, 15) is 4.79 Å². The summed E-state index contributed by atoms with van der Waals surface area (Å²) in [5, 5.41) is 4.10. The number of hydrogen-bond acceptors (Lipinski definition) is 3. The molecule has 3 nitrogen and oxygen atoms in total. The number of thiophene rings is 1. The summed E-state index contributed by atoms with van der Waals surface area (Å²) in [5.74, 6) is 0.187. The van der Waals surface area contributed by atoms with Crippen molar-refractivity contribution in [2.45, 2.75) is 25.8 Å². The Balaban J connectivity index is 0.00000128. The first kappa shape index (κ1) is 13.3. The second kappa shape index (κ2) is 5.55. The highest BCUT2D eigenvalue weighted by molar-refractivity contribution is 7.17. The highest BCUT2D eigenvalue weighted by Gasteiger charge is 2.32. The van der Waals surface area contributed by atoms with Gasteiger partial charge in [0.15, 0.2) is 0 Å². The first-order valence-electron chi connectivity index (χ1n) is 5.34. The molecule has 1 amide bonds. The first-order valence-corrected chi connectivity index (χ1v) is 6.16. The molecule has 1 heterocycles. The summed E-state index contributed by atoms with van der Waals surface area (Å²) in [6, 6.07) is 4.37. The van der Waals surface area contributed by atoms with Crippen molar-refractivity contribution in [3.05, 3.63) is 17.0 Å². The third-order valence-electron chi connectivity index (χ3n) is 2.65. The molecule has 0 spiro atoms. The Morgan fingerprint density at radius 1 is 1.56 bits per heavy atom. The highest BCUT2D eigenvalue weighted by Crippen LogP contribution is 2.30. The van der Waals surface area contributed by atoms with Crippen molar-refractivity contribution in [1.29, 1.82) is 0 Å². The van der Waals surface area contributed by atoms with E-state index in [1.807, 2.05) is 31.0 Å². The molecule has 5 heteroatoms. The van der Waals surface area contributed by atoms with Crippen LogP contribution < -0.4 is 5.32 Å². The minimum absolute atomic E-state index is 0. The van der Waals surface area contributed by atoms with Crippen LogP contribution in [0.25, 0.3) is 0 Å². The smallest absolute Gasteiger partial charge is 0.264 e. The minimum Gasteiger partial charge on any atom is -0.380 e. The maximum absolute atomic E-state index is 12.1. The monoisotopic (exact) mass is 260 g/mol. The van der Waals surface area contributed by atoms with Crippen molar-refractivity contribution in [2.75, 3.05) is 18.9 Å². The lowest BCUT2D eigenvalue weighted by molar-refractivity contribution is 0.0757. The van der Waals surface area contributed by atoms with Crippen LogP contribution in [-0.2, 0) is 0 Å². The summed E-state index contributed by atoms with van der Waals surface area (Å²) < 4.78 is 0. The van der Waals surface area contributed by atoms with Crippen LogP contribution in [0.15, 0.2) is 12.1 Å². The van der Waals surface area contributed by atoms with Gasteiger partial charge in [0.2, 0.25) is 0 Å². The van der Waals surface area contributed by atoms with Gasteiger partial charge in [0.1, 0.15) is 0 Å². The van der Waals surface area contributed by atoms with E-state index in [-0.39, 0.29) is 18.3 Å². The molecule has 1 fully saturated rings. The van der Waals surface area contributed by atoms with E-state index in [0.717, 1.165) is 16.4 Å². The molecule has 0 atom stereocenters. The fraction of sp³-hybridized carbons (Fsp3) is 0.545. The number of halogens is 1. The van der Waals surface area contributed by atoms with Crippen LogP contribution in [0.5, 0.6) is 0 Å². The molecule has 0 bridgehead atoms. The largest absolute Gasteiger partial charge is 0.380 e. The van der Waals surface area contributed by atoms with Crippen LogP contribution in [0.1, 0.15) is 29.4 Å². The van der Waals surface area contributed by atoms with Crippen molar-refractivity contribution in [2.24, 2.45) is 0 Å². The summed E-state index contributed by atoms with van der Waals surface area (Å²) in [6.07, 6.45) is 2.34. The molecule has 1 aliphatic rings. The molecule has 1 aromatic rings. The third kappa shape index (κ3) is 2.68. The van der Waals surface area contributed by atoms with Crippen LogP contribution in [0.2, 0.25) is 0 Å².